The van der Waals surface area contributed by atoms with Crippen LogP contribution in [0, 0.1) is 5.41 Å². The van der Waals surface area contributed by atoms with Crippen molar-refractivity contribution in [3.63, 3.8) is 0 Å². The number of carbonyl (C=O) groups excluding carboxylic acids is 1. The molecule has 1 aromatic carbocycles. The summed E-state index contributed by atoms with van der Waals surface area (Å²) in [4.78, 5) is 19.2. The van der Waals surface area contributed by atoms with Gasteiger partial charge in [0.15, 0.2) is 0 Å². The van der Waals surface area contributed by atoms with E-state index in [1.54, 1.807) is 0 Å². The molecule has 0 saturated carbocycles. The molecule has 0 bridgehead atoms. The Hall–Kier alpha value is -1.43. The maximum absolute atomic E-state index is 12.7. The number of rotatable bonds is 2. The van der Waals surface area contributed by atoms with Crippen molar-refractivity contribution < 1.29 is 4.79 Å². The van der Waals surface area contributed by atoms with E-state index in [-0.39, 0.29) is 5.91 Å². The van der Waals surface area contributed by atoms with E-state index in [9.17, 15) is 4.79 Å². The number of halogens is 1. The highest BCUT2D eigenvalue weighted by atomic mass is 35.5. The van der Waals surface area contributed by atoms with E-state index in [2.05, 4.69) is 10.3 Å². The Morgan fingerprint density at radius 2 is 2.12 bits per heavy atom. The smallest absolute Gasteiger partial charge is 0.273 e. The second-order valence-corrected chi connectivity index (χ2v) is 8.06. The first kappa shape index (κ1) is 16.1. The molecule has 0 atom stereocenters. The van der Waals surface area contributed by atoms with Gasteiger partial charge in [-0.15, -0.1) is 11.3 Å². The van der Waals surface area contributed by atoms with Gasteiger partial charge in [-0.1, -0.05) is 23.7 Å². The van der Waals surface area contributed by atoms with E-state index < -0.39 is 0 Å². The Morgan fingerprint density at radius 3 is 2.83 bits per heavy atom. The molecule has 24 heavy (non-hydrogen) atoms. The molecule has 2 aliphatic rings. The van der Waals surface area contributed by atoms with Crippen LogP contribution in [0.3, 0.4) is 0 Å². The van der Waals surface area contributed by atoms with Crippen molar-refractivity contribution in [3.05, 3.63) is 40.4 Å². The Morgan fingerprint density at radius 1 is 1.29 bits per heavy atom. The number of amides is 1. The number of likely N-dealkylation sites (tertiary alicyclic amines) is 1. The quantitative estimate of drug-likeness (QED) is 0.887. The van der Waals surface area contributed by atoms with Gasteiger partial charge in [-0.25, -0.2) is 4.98 Å². The zero-order valence-corrected chi connectivity index (χ0v) is 15.0. The van der Waals surface area contributed by atoms with E-state index in [0.717, 1.165) is 49.6 Å². The highest BCUT2D eigenvalue weighted by Crippen LogP contribution is 2.37. The highest BCUT2D eigenvalue weighted by molar-refractivity contribution is 7.13. The van der Waals surface area contributed by atoms with Crippen molar-refractivity contribution in [2.75, 3.05) is 26.2 Å². The molecule has 1 amide bonds. The summed E-state index contributed by atoms with van der Waals surface area (Å²) in [5, 5.41) is 6.85. The SMILES string of the molecule is O=C(c1csc(-c2cccc(Cl)c2)n1)N1CCC2(CCNC2)CC1. The van der Waals surface area contributed by atoms with Crippen LogP contribution in [0.2, 0.25) is 5.02 Å². The number of aromatic nitrogens is 1. The highest BCUT2D eigenvalue weighted by Gasteiger charge is 2.38. The summed E-state index contributed by atoms with van der Waals surface area (Å²) in [5.41, 5.74) is 1.93. The molecule has 126 valence electrons. The summed E-state index contributed by atoms with van der Waals surface area (Å²) in [6.45, 7) is 3.89. The number of nitrogens with zero attached hydrogens (tertiary/aromatic N) is 2. The number of benzene rings is 1. The van der Waals surface area contributed by atoms with Gasteiger partial charge in [0.2, 0.25) is 0 Å². The van der Waals surface area contributed by atoms with E-state index in [4.69, 9.17) is 11.6 Å². The number of piperidine rings is 1. The zero-order valence-electron chi connectivity index (χ0n) is 13.4. The van der Waals surface area contributed by atoms with Crippen LogP contribution in [-0.2, 0) is 0 Å². The van der Waals surface area contributed by atoms with Gasteiger partial charge in [0, 0.05) is 35.6 Å². The molecule has 2 fully saturated rings. The van der Waals surface area contributed by atoms with Crippen LogP contribution in [0.15, 0.2) is 29.6 Å². The third-order valence-electron chi connectivity index (χ3n) is 5.24. The summed E-state index contributed by atoms with van der Waals surface area (Å²) >= 11 is 7.54. The van der Waals surface area contributed by atoms with Crippen LogP contribution < -0.4 is 5.32 Å². The summed E-state index contributed by atoms with van der Waals surface area (Å²) in [7, 11) is 0. The largest absolute Gasteiger partial charge is 0.337 e. The summed E-state index contributed by atoms with van der Waals surface area (Å²) in [6, 6.07) is 7.59. The van der Waals surface area contributed by atoms with E-state index in [0.29, 0.717) is 16.1 Å². The van der Waals surface area contributed by atoms with Crippen molar-refractivity contribution in [2.45, 2.75) is 19.3 Å². The average molecular weight is 362 g/mol. The molecule has 1 aromatic heterocycles. The van der Waals surface area contributed by atoms with Gasteiger partial charge in [0.05, 0.1) is 0 Å². The topological polar surface area (TPSA) is 45.2 Å². The molecule has 4 rings (SSSR count). The van der Waals surface area contributed by atoms with Crippen LogP contribution in [0.25, 0.3) is 10.6 Å². The molecule has 2 aromatic rings. The Bertz CT molecular complexity index is 744. The van der Waals surface area contributed by atoms with Crippen LogP contribution in [0.1, 0.15) is 29.8 Å². The van der Waals surface area contributed by atoms with Gasteiger partial charge in [0.25, 0.3) is 5.91 Å². The Balaban J connectivity index is 1.46. The summed E-state index contributed by atoms with van der Waals surface area (Å²) < 4.78 is 0. The maximum atomic E-state index is 12.7. The van der Waals surface area contributed by atoms with E-state index in [1.807, 2.05) is 34.5 Å². The lowest BCUT2D eigenvalue weighted by molar-refractivity contribution is 0.0603. The fraction of sp³-hybridized carbons (Fsp3) is 0.444. The fourth-order valence-electron chi connectivity index (χ4n) is 3.69. The fourth-order valence-corrected chi connectivity index (χ4v) is 4.68. The van der Waals surface area contributed by atoms with E-state index >= 15 is 0 Å². The number of carbonyl (C=O) groups is 1. The Labute approximate surface area is 150 Å². The van der Waals surface area contributed by atoms with Crippen molar-refractivity contribution in [3.8, 4) is 10.6 Å². The predicted molar refractivity (Wildman–Crippen MR) is 97.6 cm³/mol. The number of nitrogens with one attached hydrogen (secondary N) is 1. The van der Waals surface area contributed by atoms with Gasteiger partial charge >= 0.3 is 0 Å². The third-order valence-corrected chi connectivity index (χ3v) is 6.36. The summed E-state index contributed by atoms with van der Waals surface area (Å²) in [5.74, 6) is 0.0559. The lowest BCUT2D eigenvalue weighted by Gasteiger charge is -2.38. The number of hydrogen-bond donors (Lipinski definition) is 1. The molecular formula is C18H20ClN3OS. The molecule has 1 spiro atoms. The third kappa shape index (κ3) is 3.08. The van der Waals surface area contributed by atoms with Crippen LogP contribution in [0.5, 0.6) is 0 Å². The second-order valence-electron chi connectivity index (χ2n) is 6.77. The van der Waals surface area contributed by atoms with Gasteiger partial charge in [-0.05, 0) is 43.4 Å². The molecule has 0 radical (unpaired) electrons. The van der Waals surface area contributed by atoms with Gasteiger partial charge in [0.1, 0.15) is 10.7 Å². The van der Waals surface area contributed by atoms with Gasteiger partial charge in [-0.2, -0.15) is 0 Å². The molecule has 6 heteroatoms. The maximum Gasteiger partial charge on any atom is 0.273 e. The molecule has 2 saturated heterocycles. The normalized spacial score (nSPS) is 19.8. The number of thiazole rings is 1. The van der Waals surface area contributed by atoms with Crippen LogP contribution in [-0.4, -0.2) is 42.0 Å². The molecule has 1 N–H and O–H groups in total. The molecule has 0 aliphatic carbocycles. The number of hydrogen-bond acceptors (Lipinski definition) is 4. The summed E-state index contributed by atoms with van der Waals surface area (Å²) in [6.07, 6.45) is 3.43. The van der Waals surface area contributed by atoms with Crippen molar-refractivity contribution in [1.29, 1.82) is 0 Å². The molecular weight excluding hydrogens is 342 g/mol. The minimum absolute atomic E-state index is 0.0559. The zero-order chi connectivity index (χ0) is 16.6. The van der Waals surface area contributed by atoms with Gasteiger partial charge < -0.3 is 10.2 Å². The van der Waals surface area contributed by atoms with Crippen molar-refractivity contribution in [1.82, 2.24) is 15.2 Å². The first-order valence-electron chi connectivity index (χ1n) is 8.37. The standard InChI is InChI=1S/C18H20ClN3OS/c19-14-3-1-2-13(10-14)16-21-15(11-24-16)17(23)22-8-5-18(6-9-22)4-7-20-12-18/h1-3,10-11,20H,4-9,12H2. The molecule has 3 heterocycles. The monoisotopic (exact) mass is 361 g/mol. The molecule has 0 unspecified atom stereocenters. The average Bonchev–Trinajstić information content (AvgIpc) is 3.25. The van der Waals surface area contributed by atoms with Crippen molar-refractivity contribution >= 4 is 28.8 Å². The van der Waals surface area contributed by atoms with Gasteiger partial charge in [-0.3, -0.25) is 4.79 Å². The van der Waals surface area contributed by atoms with Crippen LogP contribution in [0.4, 0.5) is 0 Å². The predicted octanol–water partition coefficient (Wildman–Crippen LogP) is 3.68. The second kappa shape index (κ2) is 6.47. The molecule has 2 aliphatic heterocycles. The Kier molecular flexibility index (Phi) is 4.33. The van der Waals surface area contributed by atoms with E-state index in [1.165, 1.54) is 17.8 Å². The lowest BCUT2D eigenvalue weighted by atomic mass is 9.78. The minimum atomic E-state index is 0.0559. The minimum Gasteiger partial charge on any atom is -0.337 e. The molecule has 4 nitrogen and oxygen atoms in total. The van der Waals surface area contributed by atoms with Crippen molar-refractivity contribution in [2.24, 2.45) is 5.41 Å². The first-order valence-corrected chi connectivity index (χ1v) is 9.63. The first-order chi connectivity index (χ1) is 11.7. The lowest BCUT2D eigenvalue weighted by Crippen LogP contribution is -2.44. The van der Waals surface area contributed by atoms with Crippen LogP contribution >= 0.6 is 22.9 Å².